The minimum atomic E-state index is -0.0296. The van der Waals surface area contributed by atoms with E-state index in [4.69, 9.17) is 0 Å². The van der Waals surface area contributed by atoms with Gasteiger partial charge in [0.25, 0.3) is 11.8 Å². The van der Waals surface area contributed by atoms with E-state index in [0.717, 1.165) is 19.3 Å². The second-order valence-corrected chi connectivity index (χ2v) is 7.77. The summed E-state index contributed by atoms with van der Waals surface area (Å²) in [5, 5.41) is 2.98. The van der Waals surface area contributed by atoms with E-state index in [-0.39, 0.29) is 11.8 Å². The largest absolute Gasteiger partial charge is 0.339 e. The van der Waals surface area contributed by atoms with Gasteiger partial charge in [-0.2, -0.15) is 0 Å². The summed E-state index contributed by atoms with van der Waals surface area (Å²) in [5.41, 5.74) is 4.06. The summed E-state index contributed by atoms with van der Waals surface area (Å²) in [7, 11) is 2.09. The van der Waals surface area contributed by atoms with Gasteiger partial charge in [0.15, 0.2) is 6.54 Å². The first-order valence-corrected chi connectivity index (χ1v) is 10.6. The van der Waals surface area contributed by atoms with Crippen LogP contribution in [0.25, 0.3) is 0 Å². The average molecular weight is 395 g/mol. The fraction of sp³-hybridized carbons (Fsp3) is 0.417. The number of amides is 2. The third kappa shape index (κ3) is 5.04. The molecule has 0 saturated heterocycles. The highest BCUT2D eigenvalue weighted by Crippen LogP contribution is 2.27. The smallest absolute Gasteiger partial charge is 0.279 e. The molecule has 0 aromatic heterocycles. The summed E-state index contributed by atoms with van der Waals surface area (Å²) in [6, 6.07) is 16.1. The molecule has 5 heteroatoms. The average Bonchev–Trinajstić information content (AvgIpc) is 2.74. The zero-order valence-corrected chi connectivity index (χ0v) is 17.7. The molecule has 29 heavy (non-hydrogen) atoms. The van der Waals surface area contributed by atoms with Crippen LogP contribution < -0.4 is 10.2 Å². The quantitative estimate of drug-likeness (QED) is 0.759. The van der Waals surface area contributed by atoms with Crippen molar-refractivity contribution in [1.29, 1.82) is 0 Å². The van der Waals surface area contributed by atoms with Gasteiger partial charge in [0.1, 0.15) is 6.04 Å². The molecule has 2 amide bonds. The number of hydrogen-bond donors (Lipinski definition) is 2. The Labute approximate surface area is 173 Å². The van der Waals surface area contributed by atoms with Gasteiger partial charge < -0.3 is 15.1 Å². The Morgan fingerprint density at radius 3 is 2.62 bits per heavy atom. The van der Waals surface area contributed by atoms with Gasteiger partial charge in [-0.05, 0) is 50.5 Å². The van der Waals surface area contributed by atoms with Crippen molar-refractivity contribution in [2.24, 2.45) is 0 Å². The molecule has 2 aromatic carbocycles. The number of carbonyl (C=O) groups is 2. The van der Waals surface area contributed by atoms with Crippen LogP contribution in [0.3, 0.4) is 0 Å². The van der Waals surface area contributed by atoms with E-state index in [0.29, 0.717) is 36.9 Å². The third-order valence-electron chi connectivity index (χ3n) is 5.85. The molecule has 2 N–H and O–H groups in total. The van der Waals surface area contributed by atoms with Crippen LogP contribution in [0, 0.1) is 0 Å². The van der Waals surface area contributed by atoms with Crippen molar-refractivity contribution in [3.63, 3.8) is 0 Å². The molecule has 0 aliphatic heterocycles. The number of anilines is 1. The van der Waals surface area contributed by atoms with Crippen molar-refractivity contribution >= 4 is 17.5 Å². The number of nitrogens with one attached hydrogen (secondary N) is 2. The van der Waals surface area contributed by atoms with Crippen LogP contribution in [0.5, 0.6) is 0 Å². The van der Waals surface area contributed by atoms with Gasteiger partial charge in [-0.25, -0.2) is 0 Å². The van der Waals surface area contributed by atoms with E-state index in [1.165, 1.54) is 16.0 Å². The number of aryl methyl sites for hydroxylation is 1. The van der Waals surface area contributed by atoms with Gasteiger partial charge in [-0.15, -0.1) is 0 Å². The Hall–Kier alpha value is -2.66. The lowest BCUT2D eigenvalue weighted by Crippen LogP contribution is -3.10. The standard InChI is InChI=1S/C24H31N3O2/c1-4-27(5-2)24(29)19-12-8-13-20(16-19)25-23(28)17-26(3)22-15-9-11-18-10-6-7-14-21(18)22/h6-8,10,12-14,16,22H,4-5,9,11,15,17H2,1-3H3,(H,25,28)/p+1/t22-/m0/s1. The number of rotatable bonds is 7. The fourth-order valence-electron chi connectivity index (χ4n) is 4.27. The second-order valence-electron chi connectivity index (χ2n) is 7.77. The van der Waals surface area contributed by atoms with Crippen LogP contribution in [0.4, 0.5) is 5.69 Å². The van der Waals surface area contributed by atoms with Crippen LogP contribution in [0.2, 0.25) is 0 Å². The Balaban J connectivity index is 1.64. The van der Waals surface area contributed by atoms with Crippen molar-refractivity contribution in [2.45, 2.75) is 39.2 Å². The molecule has 1 aliphatic carbocycles. The zero-order valence-electron chi connectivity index (χ0n) is 17.7. The number of carbonyl (C=O) groups excluding carboxylic acids is 2. The first-order chi connectivity index (χ1) is 14.0. The van der Waals surface area contributed by atoms with Gasteiger partial charge in [0, 0.05) is 36.3 Å². The fourth-order valence-corrected chi connectivity index (χ4v) is 4.27. The number of fused-ring (bicyclic) bond motifs is 1. The van der Waals surface area contributed by atoms with E-state index >= 15 is 0 Å². The molecule has 5 nitrogen and oxygen atoms in total. The maximum Gasteiger partial charge on any atom is 0.279 e. The number of likely N-dealkylation sites (N-methyl/N-ethyl adjacent to an activating group) is 1. The van der Waals surface area contributed by atoms with Gasteiger partial charge in [-0.3, -0.25) is 9.59 Å². The highest BCUT2D eigenvalue weighted by atomic mass is 16.2. The highest BCUT2D eigenvalue weighted by Gasteiger charge is 2.28. The van der Waals surface area contributed by atoms with Crippen molar-refractivity contribution in [3.8, 4) is 0 Å². The molecule has 0 saturated carbocycles. The number of hydrogen-bond acceptors (Lipinski definition) is 2. The van der Waals surface area contributed by atoms with Crippen LogP contribution in [-0.2, 0) is 11.2 Å². The Morgan fingerprint density at radius 1 is 1.10 bits per heavy atom. The summed E-state index contributed by atoms with van der Waals surface area (Å²) in [6.45, 7) is 5.67. The summed E-state index contributed by atoms with van der Waals surface area (Å²) in [6.07, 6.45) is 3.39. The first kappa shape index (κ1) is 21.1. The maximum atomic E-state index is 12.7. The molecule has 2 aromatic rings. The minimum Gasteiger partial charge on any atom is -0.339 e. The number of nitrogens with zero attached hydrogens (tertiary/aromatic N) is 1. The van der Waals surface area contributed by atoms with Crippen molar-refractivity contribution in [2.75, 3.05) is 32.0 Å². The summed E-state index contributed by atoms with van der Waals surface area (Å²) < 4.78 is 0. The first-order valence-electron chi connectivity index (χ1n) is 10.6. The van der Waals surface area contributed by atoms with Crippen LogP contribution in [0.15, 0.2) is 48.5 Å². The Morgan fingerprint density at radius 2 is 1.86 bits per heavy atom. The molecule has 0 bridgehead atoms. The predicted octanol–water partition coefficient (Wildman–Crippen LogP) is 2.70. The van der Waals surface area contributed by atoms with Crippen molar-refractivity contribution < 1.29 is 14.5 Å². The van der Waals surface area contributed by atoms with Crippen molar-refractivity contribution in [3.05, 3.63) is 65.2 Å². The lowest BCUT2D eigenvalue weighted by Gasteiger charge is -2.30. The summed E-state index contributed by atoms with van der Waals surface area (Å²) >= 11 is 0. The Bertz CT molecular complexity index is 861. The molecular formula is C24H32N3O2+. The molecule has 0 spiro atoms. The molecule has 2 atom stereocenters. The molecule has 0 fully saturated rings. The van der Waals surface area contributed by atoms with Crippen LogP contribution in [0.1, 0.15) is 54.2 Å². The van der Waals surface area contributed by atoms with Crippen LogP contribution >= 0.6 is 0 Å². The molecular weight excluding hydrogens is 362 g/mol. The molecule has 3 rings (SSSR count). The van der Waals surface area contributed by atoms with E-state index in [9.17, 15) is 9.59 Å². The van der Waals surface area contributed by atoms with E-state index in [1.54, 1.807) is 17.0 Å². The Kier molecular flexibility index (Phi) is 7.04. The van der Waals surface area contributed by atoms with Crippen LogP contribution in [-0.4, -0.2) is 43.4 Å². The van der Waals surface area contributed by atoms with Gasteiger partial charge in [-0.1, -0.05) is 30.3 Å². The molecule has 1 unspecified atom stereocenters. The summed E-state index contributed by atoms with van der Waals surface area (Å²) in [4.78, 5) is 28.2. The molecule has 154 valence electrons. The lowest BCUT2D eigenvalue weighted by molar-refractivity contribution is -0.905. The zero-order chi connectivity index (χ0) is 20.8. The van der Waals surface area contributed by atoms with Gasteiger partial charge in [0.2, 0.25) is 0 Å². The summed E-state index contributed by atoms with van der Waals surface area (Å²) in [5.74, 6) is -0.0364. The van der Waals surface area contributed by atoms with E-state index < -0.39 is 0 Å². The lowest BCUT2D eigenvalue weighted by atomic mass is 9.87. The molecule has 0 radical (unpaired) electrons. The topological polar surface area (TPSA) is 53.9 Å². The molecule has 0 heterocycles. The van der Waals surface area contributed by atoms with E-state index in [2.05, 4.69) is 36.6 Å². The SMILES string of the molecule is CCN(CC)C(=O)c1cccc(NC(=O)C[NH+](C)[C@H]2CCCc3ccccc32)c1. The van der Waals surface area contributed by atoms with Gasteiger partial charge in [0.05, 0.1) is 7.05 Å². The second kappa shape index (κ2) is 9.70. The minimum absolute atomic E-state index is 0.00680. The predicted molar refractivity (Wildman–Crippen MR) is 116 cm³/mol. The number of benzene rings is 2. The van der Waals surface area contributed by atoms with E-state index in [1.807, 2.05) is 26.0 Å². The molecule has 1 aliphatic rings. The normalized spacial score (nSPS) is 16.6. The van der Waals surface area contributed by atoms with Crippen molar-refractivity contribution in [1.82, 2.24) is 4.90 Å². The number of quaternary nitrogens is 1. The third-order valence-corrected chi connectivity index (χ3v) is 5.85. The van der Waals surface area contributed by atoms with Gasteiger partial charge >= 0.3 is 0 Å². The monoisotopic (exact) mass is 394 g/mol. The highest BCUT2D eigenvalue weighted by molar-refractivity contribution is 5.97. The maximum absolute atomic E-state index is 12.7.